The molecule has 0 fully saturated rings. The van der Waals surface area contributed by atoms with Gasteiger partial charge in [0.15, 0.2) is 10.8 Å². The van der Waals surface area contributed by atoms with Crippen LogP contribution < -0.4 is 16.2 Å². The van der Waals surface area contributed by atoms with E-state index in [9.17, 15) is 14.4 Å². The highest BCUT2D eigenvalue weighted by molar-refractivity contribution is 7.13. The number of hydrogen-bond acceptors (Lipinski definition) is 8. The Bertz CT molecular complexity index is 1520. The number of nitrogens with one attached hydrogen (secondary N) is 2. The fourth-order valence-electron chi connectivity index (χ4n) is 3.95. The molecule has 3 N–H and O–H groups in total. The van der Waals surface area contributed by atoms with Crippen molar-refractivity contribution in [1.29, 1.82) is 0 Å². The van der Waals surface area contributed by atoms with E-state index in [0.29, 0.717) is 39.5 Å². The molecule has 198 valence electrons. The molecule has 38 heavy (non-hydrogen) atoms. The van der Waals surface area contributed by atoms with E-state index in [-0.39, 0.29) is 17.8 Å². The number of alkyl carbamates (subject to hydrolysis) is 1. The highest BCUT2D eigenvalue weighted by Crippen LogP contribution is 2.24. The number of hydrogen-bond donors (Lipinski definition) is 3. The third-order valence-corrected chi connectivity index (χ3v) is 6.39. The van der Waals surface area contributed by atoms with Gasteiger partial charge in [0.25, 0.3) is 5.56 Å². The summed E-state index contributed by atoms with van der Waals surface area (Å²) in [4.78, 5) is 46.7. The number of thiazole rings is 1. The molecule has 4 rings (SSSR count). The highest BCUT2D eigenvalue weighted by Gasteiger charge is 2.25. The van der Waals surface area contributed by atoms with E-state index in [4.69, 9.17) is 14.8 Å². The molecule has 1 atom stereocenters. The van der Waals surface area contributed by atoms with Crippen LogP contribution in [0.5, 0.6) is 0 Å². The first-order valence-electron chi connectivity index (χ1n) is 12.1. The number of anilines is 1. The Hall–Kier alpha value is -4.25. The van der Waals surface area contributed by atoms with Crippen LogP contribution in [0.4, 0.5) is 9.93 Å². The SMILES string of the molecule is CC[C@H](NC(=O)OC(C)(C)C)c1nc2cccc(CNc3nc(C(=O)O)cs3)c2c(=O)n1-c1ccccc1. The third kappa shape index (κ3) is 6.00. The number of nitrogens with zero attached hydrogens (tertiary/aromatic N) is 3. The standard InChI is InChI=1S/C27H29N5O5S/c1-5-18(31-26(36)37-27(2,3)4)22-29-19-13-9-10-16(14-28-25-30-20(15-38-25)24(34)35)21(19)23(33)32(22)17-11-7-6-8-12-17/h6-13,15,18H,5,14H2,1-4H3,(H,28,30)(H,31,36)(H,34,35)/t18-/m0/s1. The molecule has 0 saturated heterocycles. The molecular weight excluding hydrogens is 506 g/mol. The second kappa shape index (κ2) is 11.0. The van der Waals surface area contributed by atoms with Gasteiger partial charge < -0.3 is 20.5 Å². The number of para-hydroxylation sites is 1. The minimum absolute atomic E-state index is 0.0451. The fraction of sp³-hybridized carbons (Fsp3) is 0.296. The Morgan fingerprint density at radius 1 is 1.11 bits per heavy atom. The van der Waals surface area contributed by atoms with Gasteiger partial charge in [-0.15, -0.1) is 11.3 Å². The van der Waals surface area contributed by atoms with E-state index in [1.54, 1.807) is 32.9 Å². The van der Waals surface area contributed by atoms with E-state index in [1.807, 2.05) is 43.3 Å². The zero-order valence-electron chi connectivity index (χ0n) is 21.5. The Morgan fingerprint density at radius 2 is 1.84 bits per heavy atom. The maximum atomic E-state index is 14.1. The molecule has 2 heterocycles. The average molecular weight is 536 g/mol. The first-order valence-corrected chi connectivity index (χ1v) is 13.0. The summed E-state index contributed by atoms with van der Waals surface area (Å²) in [5.41, 5.74) is 0.755. The molecule has 0 radical (unpaired) electrons. The lowest BCUT2D eigenvalue weighted by molar-refractivity contribution is 0.0498. The summed E-state index contributed by atoms with van der Waals surface area (Å²) < 4.78 is 6.97. The molecule has 2 aromatic carbocycles. The Labute approximate surface area is 223 Å². The summed E-state index contributed by atoms with van der Waals surface area (Å²) in [5.74, 6) is -0.717. The van der Waals surface area contributed by atoms with Crippen molar-refractivity contribution in [2.75, 3.05) is 5.32 Å². The lowest BCUT2D eigenvalue weighted by Gasteiger charge is -2.25. The van der Waals surface area contributed by atoms with Gasteiger partial charge in [0, 0.05) is 11.9 Å². The van der Waals surface area contributed by atoms with Gasteiger partial charge in [-0.25, -0.2) is 19.6 Å². The van der Waals surface area contributed by atoms with Gasteiger partial charge in [0.1, 0.15) is 11.4 Å². The molecule has 0 saturated carbocycles. The number of fused-ring (bicyclic) bond motifs is 1. The van der Waals surface area contributed by atoms with Crippen molar-refractivity contribution in [1.82, 2.24) is 19.9 Å². The second-order valence-corrected chi connectivity index (χ2v) is 10.4. The van der Waals surface area contributed by atoms with E-state index in [0.717, 1.165) is 0 Å². The summed E-state index contributed by atoms with van der Waals surface area (Å²) in [5, 5.41) is 17.4. The molecule has 0 aliphatic heterocycles. The van der Waals surface area contributed by atoms with E-state index in [1.165, 1.54) is 21.3 Å². The first kappa shape index (κ1) is 26.8. The van der Waals surface area contributed by atoms with Crippen LogP contribution in [-0.4, -0.2) is 37.3 Å². The van der Waals surface area contributed by atoms with Crippen LogP contribution in [0, 0.1) is 0 Å². The number of ether oxygens (including phenoxy) is 1. The topological polar surface area (TPSA) is 135 Å². The van der Waals surface area contributed by atoms with Crippen molar-refractivity contribution in [3.05, 3.63) is 81.3 Å². The molecule has 10 nitrogen and oxygen atoms in total. The Balaban J connectivity index is 1.80. The van der Waals surface area contributed by atoms with Crippen LogP contribution in [0.2, 0.25) is 0 Å². The van der Waals surface area contributed by atoms with Gasteiger partial charge in [0.2, 0.25) is 0 Å². The quantitative estimate of drug-likeness (QED) is 0.283. The largest absolute Gasteiger partial charge is 0.476 e. The molecule has 0 aliphatic rings. The van der Waals surface area contributed by atoms with Crippen molar-refractivity contribution in [3.8, 4) is 5.69 Å². The van der Waals surface area contributed by atoms with Crippen LogP contribution in [0.3, 0.4) is 0 Å². The van der Waals surface area contributed by atoms with Gasteiger partial charge in [-0.2, -0.15) is 0 Å². The van der Waals surface area contributed by atoms with E-state index >= 15 is 0 Å². The molecule has 4 aromatic rings. The zero-order chi connectivity index (χ0) is 27.4. The number of carbonyl (C=O) groups is 2. The summed E-state index contributed by atoms with van der Waals surface area (Å²) >= 11 is 1.17. The van der Waals surface area contributed by atoms with Crippen LogP contribution in [0.25, 0.3) is 16.6 Å². The summed E-state index contributed by atoms with van der Waals surface area (Å²) in [6.07, 6.45) is -0.123. The maximum Gasteiger partial charge on any atom is 0.408 e. The summed E-state index contributed by atoms with van der Waals surface area (Å²) in [6, 6.07) is 13.9. The predicted molar refractivity (Wildman–Crippen MR) is 146 cm³/mol. The lowest BCUT2D eigenvalue weighted by atomic mass is 10.1. The minimum Gasteiger partial charge on any atom is -0.476 e. The Morgan fingerprint density at radius 3 is 2.47 bits per heavy atom. The third-order valence-electron chi connectivity index (χ3n) is 5.59. The van der Waals surface area contributed by atoms with Crippen molar-refractivity contribution in [2.45, 2.75) is 52.3 Å². The molecule has 0 spiro atoms. The number of carbonyl (C=O) groups excluding carboxylic acids is 1. The number of amides is 1. The number of aromatic nitrogens is 3. The average Bonchev–Trinajstić information content (AvgIpc) is 3.35. The van der Waals surface area contributed by atoms with Gasteiger partial charge >= 0.3 is 12.1 Å². The lowest BCUT2D eigenvalue weighted by Crippen LogP contribution is -2.38. The number of aromatic carboxylic acids is 1. The van der Waals surface area contributed by atoms with E-state index in [2.05, 4.69) is 15.6 Å². The first-order chi connectivity index (χ1) is 18.1. The Kier molecular flexibility index (Phi) is 7.77. The predicted octanol–water partition coefficient (Wildman–Crippen LogP) is 5.13. The van der Waals surface area contributed by atoms with Crippen LogP contribution >= 0.6 is 11.3 Å². The monoisotopic (exact) mass is 535 g/mol. The summed E-state index contributed by atoms with van der Waals surface area (Å²) in [7, 11) is 0. The fourth-order valence-corrected chi connectivity index (χ4v) is 4.63. The van der Waals surface area contributed by atoms with Crippen molar-refractivity contribution < 1.29 is 19.4 Å². The van der Waals surface area contributed by atoms with Gasteiger partial charge in [-0.1, -0.05) is 37.3 Å². The molecule has 2 aromatic heterocycles. The molecule has 0 bridgehead atoms. The molecule has 11 heteroatoms. The summed E-state index contributed by atoms with van der Waals surface area (Å²) in [6.45, 7) is 7.48. The van der Waals surface area contributed by atoms with Gasteiger partial charge in [0.05, 0.1) is 22.6 Å². The smallest absolute Gasteiger partial charge is 0.408 e. The number of carboxylic acid groups (broad SMARTS) is 1. The van der Waals surface area contributed by atoms with Crippen LogP contribution in [0.1, 0.15) is 62.0 Å². The highest BCUT2D eigenvalue weighted by atomic mass is 32.1. The molecule has 0 unspecified atom stereocenters. The molecule has 0 aliphatic carbocycles. The second-order valence-electron chi connectivity index (χ2n) is 9.56. The minimum atomic E-state index is -1.10. The van der Waals surface area contributed by atoms with Gasteiger partial charge in [-0.05, 0) is 51.0 Å². The normalized spacial score (nSPS) is 12.2. The van der Waals surface area contributed by atoms with Crippen molar-refractivity contribution in [3.63, 3.8) is 0 Å². The maximum absolute atomic E-state index is 14.1. The number of rotatable bonds is 8. The van der Waals surface area contributed by atoms with E-state index < -0.39 is 23.7 Å². The van der Waals surface area contributed by atoms with Crippen LogP contribution in [-0.2, 0) is 11.3 Å². The van der Waals surface area contributed by atoms with Crippen molar-refractivity contribution in [2.24, 2.45) is 0 Å². The number of benzene rings is 2. The van der Waals surface area contributed by atoms with Gasteiger partial charge in [-0.3, -0.25) is 9.36 Å². The van der Waals surface area contributed by atoms with Crippen LogP contribution in [0.15, 0.2) is 58.7 Å². The zero-order valence-corrected chi connectivity index (χ0v) is 22.3. The number of carboxylic acids is 1. The van der Waals surface area contributed by atoms with Crippen molar-refractivity contribution >= 4 is 39.4 Å². The molecular formula is C27H29N5O5S. The molecule has 1 amide bonds.